The highest BCUT2D eigenvalue weighted by atomic mass is 16.1. The van der Waals surface area contributed by atoms with Crippen LogP contribution >= 0.6 is 0 Å². The van der Waals surface area contributed by atoms with E-state index in [2.05, 4.69) is 62.9 Å². The summed E-state index contributed by atoms with van der Waals surface area (Å²) in [5, 5.41) is 2.14. The Morgan fingerprint density at radius 3 is 2.41 bits per heavy atom. The minimum atomic E-state index is -0.157. The van der Waals surface area contributed by atoms with Gasteiger partial charge >= 0.3 is 5.69 Å². The lowest BCUT2D eigenvalue weighted by atomic mass is 10.1. The number of imidazole rings is 1. The van der Waals surface area contributed by atoms with E-state index in [0.29, 0.717) is 13.1 Å². The van der Waals surface area contributed by atoms with Crippen molar-refractivity contribution in [2.24, 2.45) is 12.8 Å². The van der Waals surface area contributed by atoms with Gasteiger partial charge in [-0.3, -0.25) is 4.57 Å². The highest BCUT2D eigenvalue weighted by Crippen LogP contribution is 2.33. The van der Waals surface area contributed by atoms with Gasteiger partial charge in [0.05, 0.1) is 16.9 Å². The van der Waals surface area contributed by atoms with Gasteiger partial charge in [-0.15, -0.1) is 0 Å². The van der Waals surface area contributed by atoms with Gasteiger partial charge in [0, 0.05) is 60.6 Å². The maximum atomic E-state index is 13.1. The minimum absolute atomic E-state index is 0.157. The third-order valence-electron chi connectivity index (χ3n) is 6.54. The molecule has 0 bridgehead atoms. The van der Waals surface area contributed by atoms with Crippen molar-refractivity contribution in [3.8, 4) is 16.9 Å². The average Bonchev–Trinajstić information content (AvgIpc) is 3.53. The van der Waals surface area contributed by atoms with Crippen LogP contribution in [0.15, 0.2) is 96.2 Å². The molecule has 0 amide bonds. The molecule has 0 saturated heterocycles. The second kappa shape index (κ2) is 7.93. The third kappa shape index (κ3) is 3.19. The van der Waals surface area contributed by atoms with Gasteiger partial charge in [-0.25, -0.2) is 4.79 Å². The van der Waals surface area contributed by atoms with E-state index in [-0.39, 0.29) is 5.69 Å². The second-order valence-electron chi connectivity index (χ2n) is 8.67. The predicted octanol–water partition coefficient (Wildman–Crippen LogP) is 4.79. The van der Waals surface area contributed by atoms with Crippen molar-refractivity contribution in [2.75, 3.05) is 0 Å². The van der Waals surface area contributed by atoms with Crippen LogP contribution in [0.4, 0.5) is 0 Å². The molecule has 0 atom stereocenters. The molecule has 0 saturated carbocycles. The number of nitrogens with two attached hydrogens (primary N) is 1. The van der Waals surface area contributed by atoms with E-state index in [1.165, 1.54) is 5.56 Å². The summed E-state index contributed by atoms with van der Waals surface area (Å²) in [5.41, 5.74) is 12.9. The van der Waals surface area contributed by atoms with Gasteiger partial charge < -0.3 is 19.9 Å². The van der Waals surface area contributed by atoms with Crippen molar-refractivity contribution in [1.82, 2.24) is 18.7 Å². The number of para-hydroxylation sites is 2. The fraction of sp³-hybridized carbons (Fsp3) is 0.107. The molecule has 0 spiro atoms. The van der Waals surface area contributed by atoms with Crippen LogP contribution in [-0.2, 0) is 20.1 Å². The Hall–Kier alpha value is -4.29. The molecule has 168 valence electrons. The van der Waals surface area contributed by atoms with Crippen LogP contribution < -0.4 is 11.4 Å². The molecular formula is C28H25N5O. The molecule has 0 unspecified atom stereocenters. The lowest BCUT2D eigenvalue weighted by Crippen LogP contribution is -2.15. The number of fused-ring (bicyclic) bond motifs is 2. The molecular weight excluding hydrogens is 422 g/mol. The largest absolute Gasteiger partial charge is 0.350 e. The molecule has 34 heavy (non-hydrogen) atoms. The molecule has 3 heterocycles. The molecule has 3 N–H and O–H groups in total. The summed E-state index contributed by atoms with van der Waals surface area (Å²) >= 11 is 0. The number of nitrogens with one attached hydrogen (secondary N) is 1. The Morgan fingerprint density at radius 2 is 1.59 bits per heavy atom. The highest BCUT2D eigenvalue weighted by Gasteiger charge is 2.19. The number of aromatic nitrogens is 4. The van der Waals surface area contributed by atoms with E-state index in [1.54, 1.807) is 10.8 Å². The molecule has 0 aliphatic heterocycles. The normalized spacial score (nSPS) is 11.6. The topological polar surface area (TPSA) is 73.7 Å². The Kier molecular flexibility index (Phi) is 4.74. The first-order valence-electron chi connectivity index (χ1n) is 11.3. The summed E-state index contributed by atoms with van der Waals surface area (Å²) in [6.07, 6.45) is 5.96. The highest BCUT2D eigenvalue weighted by molar-refractivity contribution is 5.96. The van der Waals surface area contributed by atoms with Crippen LogP contribution in [0.1, 0.15) is 11.1 Å². The Labute approximate surface area is 196 Å². The maximum Gasteiger partial charge on any atom is 0.330 e. The number of aromatic amines is 1. The third-order valence-corrected chi connectivity index (χ3v) is 6.54. The number of nitrogens with zero attached hydrogens (tertiary/aromatic N) is 3. The number of H-pyrrole nitrogens is 1. The van der Waals surface area contributed by atoms with Gasteiger partial charge in [-0.05, 0) is 23.3 Å². The van der Waals surface area contributed by atoms with Crippen molar-refractivity contribution in [1.29, 1.82) is 0 Å². The summed E-state index contributed by atoms with van der Waals surface area (Å²) in [6.45, 7) is 1.20. The van der Waals surface area contributed by atoms with Gasteiger partial charge in [0.25, 0.3) is 0 Å². The SMILES string of the molecule is Cn1cc(-c2c[nH]c(=O)n2-c2cn(Cc3cccc(CN)c3)c3ccccc23)c2ccccc21. The summed E-state index contributed by atoms with van der Waals surface area (Å²) in [4.78, 5) is 16.1. The van der Waals surface area contributed by atoms with Crippen molar-refractivity contribution in [2.45, 2.75) is 13.1 Å². The molecule has 6 rings (SSSR count). The standard InChI is InChI=1S/C28H25N5O/c1-31-17-23(21-9-2-4-11-24(21)31)26-15-30-28(34)33(26)27-18-32(25-12-5-3-10-22(25)27)16-20-8-6-7-19(13-20)14-29/h2-13,15,17-18H,14,16,29H2,1H3,(H,30,34). The van der Waals surface area contributed by atoms with Crippen LogP contribution in [0.5, 0.6) is 0 Å². The van der Waals surface area contributed by atoms with E-state index in [0.717, 1.165) is 44.3 Å². The molecule has 6 aromatic rings. The number of aryl methyl sites for hydroxylation is 1. The lowest BCUT2D eigenvalue weighted by molar-refractivity contribution is 0.827. The van der Waals surface area contributed by atoms with Gasteiger partial charge in [0.1, 0.15) is 0 Å². The van der Waals surface area contributed by atoms with E-state index < -0.39 is 0 Å². The summed E-state index contributed by atoms with van der Waals surface area (Å²) in [6, 6.07) is 24.8. The van der Waals surface area contributed by atoms with Gasteiger partial charge in [-0.1, -0.05) is 60.7 Å². The molecule has 3 aromatic carbocycles. The van der Waals surface area contributed by atoms with Crippen LogP contribution in [0.25, 0.3) is 38.8 Å². The Bertz CT molecular complexity index is 1710. The van der Waals surface area contributed by atoms with Crippen LogP contribution in [0.3, 0.4) is 0 Å². The van der Waals surface area contributed by atoms with Crippen LogP contribution in [0, 0.1) is 0 Å². The van der Waals surface area contributed by atoms with Gasteiger partial charge in [0.2, 0.25) is 0 Å². The second-order valence-corrected chi connectivity index (χ2v) is 8.67. The van der Waals surface area contributed by atoms with Crippen molar-refractivity contribution in [3.05, 3.63) is 113 Å². The number of rotatable bonds is 5. The first-order valence-corrected chi connectivity index (χ1v) is 11.3. The van der Waals surface area contributed by atoms with Crippen molar-refractivity contribution < 1.29 is 0 Å². The molecule has 0 aliphatic rings. The Morgan fingerprint density at radius 1 is 0.853 bits per heavy atom. The monoisotopic (exact) mass is 447 g/mol. The fourth-order valence-corrected chi connectivity index (χ4v) is 4.94. The number of hydrogen-bond acceptors (Lipinski definition) is 2. The first kappa shape index (κ1) is 20.3. The maximum absolute atomic E-state index is 13.1. The van der Waals surface area contributed by atoms with Crippen molar-refractivity contribution >= 4 is 21.8 Å². The quantitative estimate of drug-likeness (QED) is 0.399. The number of hydrogen-bond donors (Lipinski definition) is 2. The van der Waals surface area contributed by atoms with E-state index in [4.69, 9.17) is 5.73 Å². The molecule has 0 fully saturated rings. The average molecular weight is 448 g/mol. The molecule has 0 radical (unpaired) electrons. The van der Waals surface area contributed by atoms with Crippen LogP contribution in [-0.4, -0.2) is 18.7 Å². The zero-order valence-corrected chi connectivity index (χ0v) is 18.9. The van der Waals surface area contributed by atoms with Crippen LogP contribution in [0.2, 0.25) is 0 Å². The first-order chi connectivity index (χ1) is 16.6. The molecule has 0 aliphatic carbocycles. The van der Waals surface area contributed by atoms with Gasteiger partial charge in [-0.2, -0.15) is 0 Å². The lowest BCUT2D eigenvalue weighted by Gasteiger charge is -2.07. The minimum Gasteiger partial charge on any atom is -0.350 e. The molecule has 6 heteroatoms. The summed E-state index contributed by atoms with van der Waals surface area (Å²) in [7, 11) is 2.03. The molecule has 6 nitrogen and oxygen atoms in total. The summed E-state index contributed by atoms with van der Waals surface area (Å²) in [5.74, 6) is 0. The van der Waals surface area contributed by atoms with E-state index >= 15 is 0 Å². The van der Waals surface area contributed by atoms with E-state index in [1.807, 2.05) is 43.4 Å². The summed E-state index contributed by atoms with van der Waals surface area (Å²) < 4.78 is 6.09. The smallest absolute Gasteiger partial charge is 0.330 e. The van der Waals surface area contributed by atoms with E-state index in [9.17, 15) is 4.79 Å². The fourth-order valence-electron chi connectivity index (χ4n) is 4.94. The number of benzene rings is 3. The molecule has 3 aromatic heterocycles. The zero-order valence-electron chi connectivity index (χ0n) is 18.9. The van der Waals surface area contributed by atoms with Gasteiger partial charge in [0.15, 0.2) is 0 Å². The Balaban J connectivity index is 1.55. The predicted molar refractivity (Wildman–Crippen MR) is 137 cm³/mol. The zero-order chi connectivity index (χ0) is 23.2. The van der Waals surface area contributed by atoms with Crippen molar-refractivity contribution in [3.63, 3.8) is 0 Å².